The topological polar surface area (TPSA) is 47.9 Å². The molecule has 0 saturated heterocycles. The Morgan fingerprint density at radius 3 is 2.61 bits per heavy atom. The van der Waals surface area contributed by atoms with Crippen molar-refractivity contribution in [2.45, 2.75) is 0 Å². The Kier molecular flexibility index (Phi) is 4.37. The van der Waals surface area contributed by atoms with Gasteiger partial charge < -0.3 is 9.47 Å². The zero-order valence-corrected chi connectivity index (χ0v) is 13.6. The number of carbonyl (C=O) groups is 1. The van der Waals surface area contributed by atoms with Crippen LogP contribution in [0.15, 0.2) is 53.2 Å². The number of ether oxygens (including phenoxy) is 2. The maximum Gasteiger partial charge on any atom is 0.363 e. The first-order valence-electron chi connectivity index (χ1n) is 6.69. The van der Waals surface area contributed by atoms with Gasteiger partial charge in [0.15, 0.2) is 5.70 Å². The van der Waals surface area contributed by atoms with Crippen LogP contribution >= 0.6 is 23.2 Å². The van der Waals surface area contributed by atoms with E-state index in [9.17, 15) is 4.79 Å². The van der Waals surface area contributed by atoms with Crippen LogP contribution in [0.25, 0.3) is 6.08 Å². The monoisotopic (exact) mass is 347 g/mol. The number of rotatable bonds is 3. The van der Waals surface area contributed by atoms with Crippen LogP contribution in [0.2, 0.25) is 10.0 Å². The number of aliphatic imine (C=N–C) groups is 1. The second-order valence-corrected chi connectivity index (χ2v) is 5.52. The molecule has 1 aliphatic heterocycles. The highest BCUT2D eigenvalue weighted by atomic mass is 35.5. The maximum absolute atomic E-state index is 12.0. The SMILES string of the molecule is COc1ccc(/C=C2\N=C(c3ccccc3Cl)OC2=O)cc1Cl. The van der Waals surface area contributed by atoms with E-state index in [1.165, 1.54) is 7.11 Å². The van der Waals surface area contributed by atoms with Crippen LogP contribution < -0.4 is 4.74 Å². The Morgan fingerprint density at radius 1 is 1.13 bits per heavy atom. The Balaban J connectivity index is 1.95. The molecule has 23 heavy (non-hydrogen) atoms. The minimum absolute atomic E-state index is 0.182. The number of nitrogens with zero attached hydrogens (tertiary/aromatic N) is 1. The number of hydrogen-bond donors (Lipinski definition) is 0. The first-order valence-corrected chi connectivity index (χ1v) is 7.45. The van der Waals surface area contributed by atoms with Gasteiger partial charge in [-0.3, -0.25) is 0 Å². The first kappa shape index (κ1) is 15.6. The average Bonchev–Trinajstić information content (AvgIpc) is 2.89. The van der Waals surface area contributed by atoms with Gasteiger partial charge in [-0.15, -0.1) is 0 Å². The lowest BCUT2D eigenvalue weighted by Gasteiger charge is -2.03. The summed E-state index contributed by atoms with van der Waals surface area (Å²) in [7, 11) is 1.54. The second kappa shape index (κ2) is 6.44. The van der Waals surface area contributed by atoms with Crippen LogP contribution in [0.1, 0.15) is 11.1 Å². The molecule has 6 heteroatoms. The number of cyclic esters (lactones) is 1. The lowest BCUT2D eigenvalue weighted by molar-refractivity contribution is -0.129. The number of halogens is 2. The van der Waals surface area contributed by atoms with Crippen molar-refractivity contribution in [2.75, 3.05) is 7.11 Å². The third-order valence-electron chi connectivity index (χ3n) is 3.20. The molecule has 116 valence electrons. The third-order valence-corrected chi connectivity index (χ3v) is 3.83. The van der Waals surface area contributed by atoms with E-state index < -0.39 is 5.97 Å². The molecule has 2 aromatic rings. The van der Waals surface area contributed by atoms with Crippen molar-refractivity contribution in [1.82, 2.24) is 0 Å². The summed E-state index contributed by atoms with van der Waals surface area (Å²) in [6, 6.07) is 12.2. The highest BCUT2D eigenvalue weighted by molar-refractivity contribution is 6.34. The third kappa shape index (κ3) is 3.23. The van der Waals surface area contributed by atoms with E-state index >= 15 is 0 Å². The number of esters is 1. The van der Waals surface area contributed by atoms with Gasteiger partial charge in [-0.05, 0) is 35.9 Å². The number of carbonyl (C=O) groups excluding carboxylic acids is 1. The lowest BCUT2D eigenvalue weighted by Crippen LogP contribution is -2.05. The highest BCUT2D eigenvalue weighted by Gasteiger charge is 2.25. The van der Waals surface area contributed by atoms with Crippen LogP contribution in [-0.2, 0) is 9.53 Å². The fraction of sp³-hybridized carbons (Fsp3) is 0.0588. The fourth-order valence-corrected chi connectivity index (χ4v) is 2.57. The molecule has 0 saturated carbocycles. The van der Waals surface area contributed by atoms with Crippen molar-refractivity contribution in [1.29, 1.82) is 0 Å². The fourth-order valence-electron chi connectivity index (χ4n) is 2.09. The van der Waals surface area contributed by atoms with Gasteiger partial charge in [0.25, 0.3) is 0 Å². The second-order valence-electron chi connectivity index (χ2n) is 4.71. The summed E-state index contributed by atoms with van der Waals surface area (Å²) < 4.78 is 10.3. The van der Waals surface area contributed by atoms with E-state index in [4.69, 9.17) is 32.7 Å². The number of methoxy groups -OCH3 is 1. The average molecular weight is 348 g/mol. The van der Waals surface area contributed by atoms with Gasteiger partial charge in [-0.1, -0.05) is 41.4 Å². The van der Waals surface area contributed by atoms with Gasteiger partial charge in [0, 0.05) is 0 Å². The molecule has 3 rings (SSSR count). The van der Waals surface area contributed by atoms with Gasteiger partial charge in [0.2, 0.25) is 5.90 Å². The number of benzene rings is 2. The Bertz CT molecular complexity index is 843. The predicted octanol–water partition coefficient (Wildman–Crippen LogP) is 4.35. The van der Waals surface area contributed by atoms with Crippen molar-refractivity contribution in [2.24, 2.45) is 4.99 Å². The molecule has 0 bridgehead atoms. The molecule has 0 fully saturated rings. The molecule has 0 spiro atoms. The van der Waals surface area contributed by atoms with Crippen LogP contribution in [0, 0.1) is 0 Å². The molecule has 0 aromatic heterocycles. The summed E-state index contributed by atoms with van der Waals surface area (Å²) in [4.78, 5) is 16.2. The van der Waals surface area contributed by atoms with Gasteiger partial charge in [-0.2, -0.15) is 0 Å². The molecule has 0 N–H and O–H groups in total. The van der Waals surface area contributed by atoms with Crippen molar-refractivity contribution in [3.8, 4) is 5.75 Å². The first-order chi connectivity index (χ1) is 11.1. The van der Waals surface area contributed by atoms with Crippen LogP contribution in [0.3, 0.4) is 0 Å². The Labute approximate surface area is 143 Å². The largest absolute Gasteiger partial charge is 0.495 e. The van der Waals surface area contributed by atoms with E-state index in [0.29, 0.717) is 26.9 Å². The molecular formula is C17H11Cl2NO3. The van der Waals surface area contributed by atoms with Crippen molar-refractivity contribution >= 4 is 41.1 Å². The molecule has 0 atom stereocenters. The quantitative estimate of drug-likeness (QED) is 0.612. The van der Waals surface area contributed by atoms with Gasteiger partial charge >= 0.3 is 5.97 Å². The van der Waals surface area contributed by atoms with E-state index in [0.717, 1.165) is 0 Å². The smallest absolute Gasteiger partial charge is 0.363 e. The minimum atomic E-state index is -0.535. The van der Waals surface area contributed by atoms with Crippen LogP contribution in [0.5, 0.6) is 5.75 Å². The summed E-state index contributed by atoms with van der Waals surface area (Å²) in [5.74, 6) is 0.210. The molecule has 4 nitrogen and oxygen atoms in total. The van der Waals surface area contributed by atoms with Crippen LogP contribution in [0.4, 0.5) is 0 Å². The van der Waals surface area contributed by atoms with Gasteiger partial charge in [0.1, 0.15) is 5.75 Å². The van der Waals surface area contributed by atoms with E-state index in [2.05, 4.69) is 4.99 Å². The summed E-state index contributed by atoms with van der Waals surface area (Å²) in [6.45, 7) is 0. The Hall–Kier alpha value is -2.30. The number of hydrogen-bond acceptors (Lipinski definition) is 4. The van der Waals surface area contributed by atoms with Gasteiger partial charge in [-0.25, -0.2) is 9.79 Å². The molecule has 0 radical (unpaired) electrons. The van der Waals surface area contributed by atoms with E-state index in [1.807, 2.05) is 0 Å². The maximum atomic E-state index is 12.0. The molecule has 0 aliphatic carbocycles. The predicted molar refractivity (Wildman–Crippen MR) is 90.1 cm³/mol. The Morgan fingerprint density at radius 2 is 1.91 bits per heavy atom. The molecule has 1 heterocycles. The van der Waals surface area contributed by atoms with Crippen molar-refractivity contribution < 1.29 is 14.3 Å². The normalized spacial score (nSPS) is 15.5. The molecule has 2 aromatic carbocycles. The standard InChI is InChI=1S/C17H11Cl2NO3/c1-22-15-7-6-10(8-13(15)19)9-14-17(21)23-16(20-14)11-4-2-3-5-12(11)18/h2-9H,1H3/b14-9-. The van der Waals surface area contributed by atoms with Gasteiger partial charge in [0.05, 0.1) is 22.7 Å². The highest BCUT2D eigenvalue weighted by Crippen LogP contribution is 2.28. The zero-order chi connectivity index (χ0) is 16.4. The molecule has 1 aliphatic rings. The summed E-state index contributed by atoms with van der Waals surface area (Å²) in [6.07, 6.45) is 1.59. The summed E-state index contributed by atoms with van der Waals surface area (Å²) in [5.41, 5.74) is 1.46. The summed E-state index contributed by atoms with van der Waals surface area (Å²) in [5, 5.41) is 0.913. The van der Waals surface area contributed by atoms with E-state index in [1.54, 1.807) is 48.5 Å². The molecule has 0 unspecified atom stereocenters. The summed E-state index contributed by atoms with van der Waals surface area (Å²) >= 11 is 12.2. The lowest BCUT2D eigenvalue weighted by atomic mass is 10.2. The molecular weight excluding hydrogens is 337 g/mol. The van der Waals surface area contributed by atoms with Crippen molar-refractivity contribution in [3.63, 3.8) is 0 Å². The van der Waals surface area contributed by atoms with Crippen molar-refractivity contribution in [3.05, 3.63) is 69.3 Å². The van der Waals surface area contributed by atoms with Crippen LogP contribution in [-0.4, -0.2) is 19.0 Å². The van der Waals surface area contributed by atoms with E-state index in [-0.39, 0.29) is 11.6 Å². The molecule has 0 amide bonds. The zero-order valence-electron chi connectivity index (χ0n) is 12.0. The minimum Gasteiger partial charge on any atom is -0.495 e.